The van der Waals surface area contributed by atoms with E-state index in [1.54, 1.807) is 18.7 Å². The maximum absolute atomic E-state index is 12.4. The van der Waals surface area contributed by atoms with Gasteiger partial charge in [-0.1, -0.05) is 0 Å². The van der Waals surface area contributed by atoms with Crippen molar-refractivity contribution in [2.75, 3.05) is 13.1 Å². The summed E-state index contributed by atoms with van der Waals surface area (Å²) in [7, 11) is 0. The van der Waals surface area contributed by atoms with Crippen molar-refractivity contribution in [2.45, 2.75) is 46.6 Å². The molecule has 0 unspecified atom stereocenters. The first-order valence-electron chi connectivity index (χ1n) is 6.95. The zero-order valence-electron chi connectivity index (χ0n) is 12.6. The van der Waals surface area contributed by atoms with Crippen molar-refractivity contribution in [1.82, 2.24) is 19.7 Å². The van der Waals surface area contributed by atoms with Crippen LogP contribution in [0.15, 0.2) is 0 Å². The van der Waals surface area contributed by atoms with Gasteiger partial charge in [-0.3, -0.25) is 4.79 Å². The van der Waals surface area contributed by atoms with Gasteiger partial charge in [0.15, 0.2) is 0 Å². The number of nitriles is 1. The van der Waals surface area contributed by atoms with Gasteiger partial charge in [-0.2, -0.15) is 10.4 Å². The largest absolute Gasteiger partial charge is 0.339 e. The molecule has 0 bridgehead atoms. The van der Waals surface area contributed by atoms with Crippen LogP contribution in [0.5, 0.6) is 0 Å². The fourth-order valence-electron chi connectivity index (χ4n) is 2.66. The smallest absolute Gasteiger partial charge is 0.242 e. The number of likely N-dealkylation sites (tertiary alicyclic amines) is 1. The van der Waals surface area contributed by atoms with Crippen LogP contribution in [-0.4, -0.2) is 38.7 Å². The van der Waals surface area contributed by atoms with Gasteiger partial charge in [0.05, 0.1) is 12.1 Å². The van der Waals surface area contributed by atoms with E-state index >= 15 is 0 Å². The lowest BCUT2D eigenvalue weighted by atomic mass is 9.92. The van der Waals surface area contributed by atoms with Crippen molar-refractivity contribution in [3.63, 3.8) is 0 Å². The molecule has 1 aromatic heterocycles. The van der Waals surface area contributed by atoms with E-state index in [0.717, 1.165) is 24.5 Å². The van der Waals surface area contributed by atoms with Crippen LogP contribution in [0.1, 0.15) is 44.4 Å². The third-order valence-electron chi connectivity index (χ3n) is 3.75. The summed E-state index contributed by atoms with van der Waals surface area (Å²) in [6.45, 7) is 8.46. The normalized spacial score (nSPS) is 19.8. The van der Waals surface area contributed by atoms with Crippen molar-refractivity contribution in [3.8, 4) is 6.07 Å². The molecule has 1 amide bonds. The maximum Gasteiger partial charge on any atom is 0.242 e. The Morgan fingerprint density at radius 3 is 2.70 bits per heavy atom. The first-order chi connectivity index (χ1) is 9.35. The van der Waals surface area contributed by atoms with Gasteiger partial charge in [-0.15, -0.1) is 0 Å². The molecule has 108 valence electrons. The third-order valence-corrected chi connectivity index (χ3v) is 3.75. The number of piperidine rings is 1. The number of aromatic nitrogens is 3. The molecule has 1 aromatic rings. The van der Waals surface area contributed by atoms with Crippen LogP contribution >= 0.6 is 0 Å². The van der Waals surface area contributed by atoms with Gasteiger partial charge >= 0.3 is 0 Å². The quantitative estimate of drug-likeness (QED) is 0.821. The zero-order valence-corrected chi connectivity index (χ0v) is 12.6. The molecule has 1 saturated heterocycles. The molecule has 1 fully saturated rings. The van der Waals surface area contributed by atoms with Crippen LogP contribution in [0.25, 0.3) is 0 Å². The van der Waals surface area contributed by atoms with Crippen molar-refractivity contribution in [2.24, 2.45) is 5.41 Å². The maximum atomic E-state index is 12.4. The summed E-state index contributed by atoms with van der Waals surface area (Å²) < 4.78 is 1.91. The molecule has 1 aliphatic rings. The number of aryl methyl sites for hydroxylation is 2. The van der Waals surface area contributed by atoms with E-state index in [9.17, 15) is 4.79 Å². The highest BCUT2D eigenvalue weighted by molar-refractivity contribution is 5.84. The van der Waals surface area contributed by atoms with Crippen molar-refractivity contribution >= 4 is 5.91 Å². The van der Waals surface area contributed by atoms with Crippen LogP contribution < -0.4 is 0 Å². The van der Waals surface area contributed by atoms with E-state index in [4.69, 9.17) is 5.26 Å². The number of amides is 1. The molecule has 1 atom stereocenters. The minimum Gasteiger partial charge on any atom is -0.339 e. The Bertz CT molecular complexity index is 554. The summed E-state index contributed by atoms with van der Waals surface area (Å²) >= 11 is 0. The van der Waals surface area contributed by atoms with E-state index in [0.29, 0.717) is 13.1 Å². The lowest BCUT2D eigenvalue weighted by molar-refractivity contribution is -0.139. The number of nitrogens with zero attached hydrogens (tertiary/aromatic N) is 5. The van der Waals surface area contributed by atoms with E-state index in [2.05, 4.69) is 16.2 Å². The van der Waals surface area contributed by atoms with E-state index in [1.807, 2.05) is 18.5 Å². The molecule has 2 rings (SSSR count). The summed E-state index contributed by atoms with van der Waals surface area (Å²) in [6.07, 6.45) is 1.91. The number of hydrogen-bond donors (Lipinski definition) is 0. The predicted octanol–water partition coefficient (Wildman–Crippen LogP) is 1.61. The van der Waals surface area contributed by atoms with Gasteiger partial charge in [0, 0.05) is 13.1 Å². The molecule has 0 aliphatic carbocycles. The minimum absolute atomic E-state index is 0.0980. The monoisotopic (exact) mass is 275 g/mol. The lowest BCUT2D eigenvalue weighted by Gasteiger charge is -2.35. The molecule has 0 aromatic carbocycles. The van der Waals surface area contributed by atoms with Gasteiger partial charge < -0.3 is 4.90 Å². The molecule has 0 spiro atoms. The van der Waals surface area contributed by atoms with Gasteiger partial charge in [0.25, 0.3) is 0 Å². The Labute approximate surface area is 119 Å². The first kappa shape index (κ1) is 14.5. The van der Waals surface area contributed by atoms with Crippen LogP contribution in [0.2, 0.25) is 0 Å². The van der Waals surface area contributed by atoms with Crippen molar-refractivity contribution in [1.29, 1.82) is 5.26 Å². The predicted molar refractivity (Wildman–Crippen MR) is 73.7 cm³/mol. The highest BCUT2D eigenvalue weighted by Crippen LogP contribution is 2.26. The highest BCUT2D eigenvalue weighted by Gasteiger charge is 2.35. The summed E-state index contributed by atoms with van der Waals surface area (Å²) in [5.41, 5.74) is -0.963. The van der Waals surface area contributed by atoms with Crippen LogP contribution in [0.4, 0.5) is 0 Å². The zero-order chi connectivity index (χ0) is 14.9. The fourth-order valence-corrected chi connectivity index (χ4v) is 2.66. The van der Waals surface area contributed by atoms with Gasteiger partial charge in [0.1, 0.15) is 17.1 Å². The molecule has 0 radical (unpaired) electrons. The van der Waals surface area contributed by atoms with Gasteiger partial charge in [0.2, 0.25) is 5.91 Å². The van der Waals surface area contributed by atoms with E-state index in [1.165, 1.54) is 0 Å². The van der Waals surface area contributed by atoms with Gasteiger partial charge in [-0.25, -0.2) is 9.67 Å². The van der Waals surface area contributed by atoms with Crippen molar-refractivity contribution in [3.05, 3.63) is 11.6 Å². The second-order valence-electron chi connectivity index (χ2n) is 5.93. The summed E-state index contributed by atoms with van der Waals surface area (Å²) in [5.74, 6) is 1.53. The van der Waals surface area contributed by atoms with Crippen LogP contribution in [0.3, 0.4) is 0 Å². The van der Waals surface area contributed by atoms with Crippen LogP contribution in [0, 0.1) is 30.6 Å². The summed E-state index contributed by atoms with van der Waals surface area (Å²) in [4.78, 5) is 18.5. The second-order valence-corrected chi connectivity index (χ2v) is 5.93. The van der Waals surface area contributed by atoms with E-state index < -0.39 is 5.41 Å². The van der Waals surface area contributed by atoms with Crippen molar-refractivity contribution < 1.29 is 4.79 Å². The molecular weight excluding hydrogens is 254 g/mol. The third kappa shape index (κ3) is 2.67. The minimum atomic E-state index is -0.963. The number of rotatable bonds is 2. The van der Waals surface area contributed by atoms with E-state index in [-0.39, 0.29) is 11.9 Å². The molecule has 0 N–H and O–H groups in total. The van der Waals surface area contributed by atoms with Crippen LogP contribution in [-0.2, 0) is 4.79 Å². The molecule has 20 heavy (non-hydrogen) atoms. The first-order valence-corrected chi connectivity index (χ1v) is 6.95. The standard InChI is InChI=1S/C14H21N5O/c1-10-16-11(2)19(17-10)12-6-5-7-18(8-12)13(20)14(3,4)9-15/h12H,5-8H2,1-4H3/t12-/m0/s1. The molecule has 1 aliphatic heterocycles. The average Bonchev–Trinajstić information content (AvgIpc) is 2.77. The SMILES string of the molecule is Cc1nc(C)n([C@H]2CCCN(C(=O)C(C)(C)C#N)C2)n1. The Balaban J connectivity index is 2.16. The Morgan fingerprint density at radius 1 is 1.45 bits per heavy atom. The Morgan fingerprint density at radius 2 is 2.15 bits per heavy atom. The lowest BCUT2D eigenvalue weighted by Crippen LogP contribution is -2.46. The number of carbonyl (C=O) groups is 1. The topological polar surface area (TPSA) is 74.8 Å². The second kappa shape index (κ2) is 5.23. The van der Waals surface area contributed by atoms with Gasteiger partial charge in [-0.05, 0) is 40.5 Å². The molecule has 6 nitrogen and oxygen atoms in total. The molecule has 0 saturated carbocycles. The highest BCUT2D eigenvalue weighted by atomic mass is 16.2. The summed E-state index contributed by atoms with van der Waals surface area (Å²) in [5, 5.41) is 13.5. The Hall–Kier alpha value is -1.90. The molecule has 6 heteroatoms. The Kier molecular flexibility index (Phi) is 3.80. The molecular formula is C14H21N5O. The molecule has 2 heterocycles. The average molecular weight is 275 g/mol. The number of hydrogen-bond acceptors (Lipinski definition) is 4. The summed E-state index contributed by atoms with van der Waals surface area (Å²) in [6, 6.07) is 2.24. The fraction of sp³-hybridized carbons (Fsp3) is 0.714. The number of carbonyl (C=O) groups excluding carboxylic acids is 1.